The Morgan fingerprint density at radius 3 is 2.68 bits per heavy atom. The molecular formula is C17H24Cl2N4O2. The van der Waals surface area contributed by atoms with Crippen molar-refractivity contribution in [1.29, 1.82) is 0 Å². The number of halogens is 2. The van der Waals surface area contributed by atoms with Crippen molar-refractivity contribution in [2.24, 2.45) is 0 Å². The average molecular weight is 387 g/mol. The summed E-state index contributed by atoms with van der Waals surface area (Å²) in [6.07, 6.45) is -0.0596. The number of carbonyl (C=O) groups is 1. The number of ether oxygens (including phenoxy) is 1. The van der Waals surface area contributed by atoms with Crippen molar-refractivity contribution in [1.82, 2.24) is 14.7 Å². The molecule has 1 atom stereocenters. The van der Waals surface area contributed by atoms with Gasteiger partial charge in [-0.25, -0.2) is 0 Å². The van der Waals surface area contributed by atoms with Crippen molar-refractivity contribution in [2.75, 3.05) is 25.4 Å². The van der Waals surface area contributed by atoms with Crippen LogP contribution in [0.25, 0.3) is 0 Å². The molecular weight excluding hydrogens is 363 g/mol. The van der Waals surface area contributed by atoms with E-state index >= 15 is 0 Å². The fourth-order valence-corrected chi connectivity index (χ4v) is 2.93. The maximum atomic E-state index is 12.7. The Labute approximate surface area is 160 Å². The molecule has 2 aromatic rings. The lowest BCUT2D eigenvalue weighted by Crippen LogP contribution is -2.47. The largest absolute Gasteiger partial charge is 0.398 e. The van der Waals surface area contributed by atoms with E-state index in [4.69, 9.17) is 10.5 Å². The van der Waals surface area contributed by atoms with Gasteiger partial charge in [0.1, 0.15) is 0 Å². The number of nitrogens with two attached hydrogens (primary N) is 1. The third-order valence-electron chi connectivity index (χ3n) is 4.10. The second-order valence-corrected chi connectivity index (χ2v) is 5.94. The molecule has 6 nitrogen and oxygen atoms in total. The lowest BCUT2D eigenvalue weighted by molar-refractivity contribution is -0.0302. The number of para-hydroxylation sites is 1. The highest BCUT2D eigenvalue weighted by Gasteiger charge is 2.26. The molecule has 1 unspecified atom stereocenters. The van der Waals surface area contributed by atoms with E-state index in [9.17, 15) is 4.79 Å². The Morgan fingerprint density at radius 2 is 2.04 bits per heavy atom. The number of anilines is 1. The predicted molar refractivity (Wildman–Crippen MR) is 103 cm³/mol. The maximum Gasteiger partial charge on any atom is 0.256 e. The second-order valence-electron chi connectivity index (χ2n) is 5.94. The van der Waals surface area contributed by atoms with Gasteiger partial charge in [-0.3, -0.25) is 9.48 Å². The number of nitrogens with zero attached hydrogens (tertiary/aromatic N) is 3. The lowest BCUT2D eigenvalue weighted by atomic mass is 10.1. The van der Waals surface area contributed by atoms with Crippen LogP contribution in [0.15, 0.2) is 30.3 Å². The summed E-state index contributed by atoms with van der Waals surface area (Å²) >= 11 is 0. The van der Waals surface area contributed by atoms with Gasteiger partial charge in [0, 0.05) is 24.5 Å². The average Bonchev–Trinajstić information content (AvgIpc) is 2.85. The number of hydrogen-bond donors (Lipinski definition) is 1. The molecule has 1 saturated heterocycles. The number of aryl methyl sites for hydroxylation is 2. The Kier molecular flexibility index (Phi) is 7.73. The van der Waals surface area contributed by atoms with Crippen LogP contribution in [0.1, 0.15) is 21.7 Å². The first kappa shape index (κ1) is 21.3. The molecule has 25 heavy (non-hydrogen) atoms. The number of benzene rings is 1. The van der Waals surface area contributed by atoms with Crippen LogP contribution >= 0.6 is 24.8 Å². The molecule has 3 rings (SSSR count). The Hall–Kier alpha value is -1.76. The van der Waals surface area contributed by atoms with Crippen LogP contribution in [0.4, 0.5) is 5.69 Å². The van der Waals surface area contributed by atoms with Crippen LogP contribution in [-0.4, -0.2) is 46.4 Å². The second kappa shape index (κ2) is 9.08. The quantitative estimate of drug-likeness (QED) is 0.822. The summed E-state index contributed by atoms with van der Waals surface area (Å²) in [5, 5.41) is 4.46. The molecule has 138 valence electrons. The van der Waals surface area contributed by atoms with E-state index in [-0.39, 0.29) is 36.8 Å². The molecule has 0 aliphatic carbocycles. The van der Waals surface area contributed by atoms with E-state index in [0.717, 1.165) is 11.4 Å². The van der Waals surface area contributed by atoms with Gasteiger partial charge in [-0.2, -0.15) is 5.10 Å². The monoisotopic (exact) mass is 386 g/mol. The van der Waals surface area contributed by atoms with Crippen molar-refractivity contribution in [3.8, 4) is 0 Å². The maximum absolute atomic E-state index is 12.7. The van der Waals surface area contributed by atoms with Gasteiger partial charge in [-0.15, -0.1) is 24.8 Å². The van der Waals surface area contributed by atoms with Crippen LogP contribution in [-0.2, 0) is 11.3 Å². The molecule has 2 heterocycles. The van der Waals surface area contributed by atoms with E-state index in [1.807, 2.05) is 41.6 Å². The fourth-order valence-electron chi connectivity index (χ4n) is 2.93. The summed E-state index contributed by atoms with van der Waals surface area (Å²) in [5.74, 6) is -0.0373. The third kappa shape index (κ3) is 4.87. The number of rotatable bonds is 3. The molecule has 1 aromatic carbocycles. The Balaban J connectivity index is 0.00000156. The van der Waals surface area contributed by atoms with Gasteiger partial charge in [0.2, 0.25) is 0 Å². The molecule has 1 aromatic heterocycles. The molecule has 0 saturated carbocycles. The van der Waals surface area contributed by atoms with Gasteiger partial charge >= 0.3 is 0 Å². The third-order valence-corrected chi connectivity index (χ3v) is 4.10. The first-order valence-corrected chi connectivity index (χ1v) is 7.81. The number of morpholine rings is 1. The zero-order valence-corrected chi connectivity index (χ0v) is 16.0. The topological polar surface area (TPSA) is 73.4 Å². The number of aromatic nitrogens is 2. The Bertz CT molecular complexity index is 720. The predicted octanol–water partition coefficient (Wildman–Crippen LogP) is 2.47. The zero-order chi connectivity index (χ0) is 16.4. The van der Waals surface area contributed by atoms with Gasteiger partial charge in [-0.05, 0) is 32.0 Å². The lowest BCUT2D eigenvalue weighted by Gasteiger charge is -2.33. The molecule has 1 fully saturated rings. The van der Waals surface area contributed by atoms with Gasteiger partial charge in [0.15, 0.2) is 0 Å². The van der Waals surface area contributed by atoms with Crippen molar-refractivity contribution in [2.45, 2.75) is 26.5 Å². The minimum absolute atomic E-state index is 0. The van der Waals surface area contributed by atoms with Crippen LogP contribution in [0.5, 0.6) is 0 Å². The van der Waals surface area contributed by atoms with Crippen LogP contribution in [0.2, 0.25) is 0 Å². The summed E-state index contributed by atoms with van der Waals surface area (Å²) in [6, 6.07) is 9.22. The first-order chi connectivity index (χ1) is 11.0. The SMILES string of the molecule is Cc1cc(C)n(CC2CN(C(=O)c3ccccc3N)CCO2)n1.Cl.Cl. The van der Waals surface area contributed by atoms with Gasteiger partial charge in [0.25, 0.3) is 5.91 Å². The van der Waals surface area contributed by atoms with E-state index in [1.54, 1.807) is 12.1 Å². The number of hydrogen-bond acceptors (Lipinski definition) is 4. The highest BCUT2D eigenvalue weighted by atomic mass is 35.5. The van der Waals surface area contributed by atoms with Crippen LogP contribution in [0.3, 0.4) is 0 Å². The fraction of sp³-hybridized carbons (Fsp3) is 0.412. The summed E-state index contributed by atoms with van der Waals surface area (Å²) in [7, 11) is 0. The first-order valence-electron chi connectivity index (χ1n) is 7.81. The zero-order valence-electron chi connectivity index (χ0n) is 14.3. The number of carbonyl (C=O) groups excluding carboxylic acids is 1. The van der Waals surface area contributed by atoms with Gasteiger partial charge in [0.05, 0.1) is 30.5 Å². The minimum Gasteiger partial charge on any atom is -0.398 e. The summed E-state index contributed by atoms with van der Waals surface area (Å²) in [5.41, 5.74) is 9.07. The standard InChI is InChI=1S/C17H22N4O2.2ClH/c1-12-9-13(2)21(19-12)11-14-10-20(7-8-23-14)17(22)15-5-3-4-6-16(15)18;;/h3-6,9,14H,7-8,10-11,18H2,1-2H3;2*1H. The van der Waals surface area contributed by atoms with E-state index < -0.39 is 0 Å². The molecule has 1 aliphatic heterocycles. The van der Waals surface area contributed by atoms with Crippen molar-refractivity contribution >= 4 is 36.4 Å². The summed E-state index contributed by atoms with van der Waals surface area (Å²) in [4.78, 5) is 14.5. The smallest absolute Gasteiger partial charge is 0.256 e. The van der Waals surface area contributed by atoms with Crippen molar-refractivity contribution in [3.63, 3.8) is 0 Å². The van der Waals surface area contributed by atoms with Gasteiger partial charge < -0.3 is 15.4 Å². The molecule has 1 aliphatic rings. The van der Waals surface area contributed by atoms with E-state index in [2.05, 4.69) is 5.10 Å². The molecule has 0 bridgehead atoms. The molecule has 8 heteroatoms. The Morgan fingerprint density at radius 1 is 1.32 bits per heavy atom. The minimum atomic E-state index is -0.0596. The summed E-state index contributed by atoms with van der Waals surface area (Å²) in [6.45, 7) is 6.30. The number of amides is 1. The molecule has 1 amide bonds. The molecule has 0 radical (unpaired) electrons. The summed E-state index contributed by atoms with van der Waals surface area (Å²) < 4.78 is 7.74. The van der Waals surface area contributed by atoms with Gasteiger partial charge in [-0.1, -0.05) is 12.1 Å². The van der Waals surface area contributed by atoms with Crippen LogP contribution < -0.4 is 5.73 Å². The van der Waals surface area contributed by atoms with Crippen molar-refractivity contribution in [3.05, 3.63) is 47.3 Å². The number of nitrogen functional groups attached to an aromatic ring is 1. The van der Waals surface area contributed by atoms with E-state index in [0.29, 0.717) is 37.5 Å². The highest BCUT2D eigenvalue weighted by molar-refractivity contribution is 5.99. The molecule has 2 N–H and O–H groups in total. The normalized spacial score (nSPS) is 16.7. The molecule has 0 spiro atoms. The van der Waals surface area contributed by atoms with Crippen LogP contribution in [0, 0.1) is 13.8 Å². The highest BCUT2D eigenvalue weighted by Crippen LogP contribution is 2.17. The van der Waals surface area contributed by atoms with E-state index in [1.165, 1.54) is 0 Å². The van der Waals surface area contributed by atoms with Crippen molar-refractivity contribution < 1.29 is 9.53 Å².